The van der Waals surface area contributed by atoms with Crippen molar-refractivity contribution < 1.29 is 4.74 Å². The number of ether oxygens (including phenoxy) is 1. The van der Waals surface area contributed by atoms with Gasteiger partial charge in [-0.3, -0.25) is 10.4 Å². The minimum Gasteiger partial charge on any atom is -0.383 e. The minimum atomic E-state index is 0.353. The smallest absolute Gasteiger partial charge is 0.208 e. The molecular weight excluding hydrogens is 180 g/mol. The van der Waals surface area contributed by atoms with Gasteiger partial charge in [-0.2, -0.15) is 0 Å². The molecule has 0 unspecified atom stereocenters. The summed E-state index contributed by atoms with van der Waals surface area (Å²) < 4.78 is 5.03. The highest BCUT2D eigenvalue weighted by atomic mass is 16.5. The summed E-state index contributed by atoms with van der Waals surface area (Å²) >= 11 is 0. The van der Waals surface area contributed by atoms with Crippen molar-refractivity contribution in [2.24, 2.45) is 10.8 Å². The molecule has 0 radical (unpaired) electrons. The van der Waals surface area contributed by atoms with E-state index in [9.17, 15) is 0 Å². The fourth-order valence-corrected chi connectivity index (χ4v) is 1.17. The number of methoxy groups -OCH3 is 1. The molecule has 0 bridgehead atoms. The summed E-state index contributed by atoms with van der Waals surface area (Å²) in [6, 6.07) is 0.353. The zero-order valence-electron chi connectivity index (χ0n) is 9.58. The maximum Gasteiger partial charge on any atom is 0.208 e. The van der Waals surface area contributed by atoms with Crippen LogP contribution in [0.4, 0.5) is 0 Å². The lowest BCUT2D eigenvalue weighted by molar-refractivity contribution is 0.165. The van der Waals surface area contributed by atoms with E-state index in [0.717, 1.165) is 19.0 Å². The van der Waals surface area contributed by atoms with Crippen LogP contribution in [0.1, 0.15) is 20.8 Å². The quantitative estimate of drug-likeness (QED) is 0.289. The fraction of sp³-hybridized carbons (Fsp3) is 0.889. The second-order valence-corrected chi connectivity index (χ2v) is 3.22. The van der Waals surface area contributed by atoms with Crippen molar-refractivity contribution in [1.82, 2.24) is 10.3 Å². The zero-order valence-corrected chi connectivity index (χ0v) is 9.58. The van der Waals surface area contributed by atoms with E-state index in [-0.39, 0.29) is 0 Å². The van der Waals surface area contributed by atoms with Crippen LogP contribution in [0.25, 0.3) is 0 Å². The first-order valence-electron chi connectivity index (χ1n) is 4.94. The topological polar surface area (TPSA) is 62.9 Å². The van der Waals surface area contributed by atoms with Crippen LogP contribution in [0, 0.1) is 0 Å². The van der Waals surface area contributed by atoms with Crippen LogP contribution < -0.4 is 11.3 Å². The Morgan fingerprint density at radius 3 is 2.57 bits per heavy atom. The summed E-state index contributed by atoms with van der Waals surface area (Å²) in [5.74, 6) is 6.13. The van der Waals surface area contributed by atoms with Gasteiger partial charge < -0.3 is 9.64 Å². The molecule has 0 saturated carbocycles. The first-order chi connectivity index (χ1) is 6.67. The Kier molecular flexibility index (Phi) is 7.14. The Morgan fingerprint density at radius 2 is 2.21 bits per heavy atom. The standard InChI is InChI=1S/C9H22N4O/c1-5-11-9(12-10)13(8(2)3)6-7-14-4/h8H,5-7,10H2,1-4H3,(H,11,12). The summed E-state index contributed by atoms with van der Waals surface area (Å²) in [5.41, 5.74) is 2.61. The van der Waals surface area contributed by atoms with Gasteiger partial charge in [0.25, 0.3) is 0 Å². The fourth-order valence-electron chi connectivity index (χ4n) is 1.17. The first-order valence-corrected chi connectivity index (χ1v) is 4.94. The molecule has 0 aromatic carbocycles. The van der Waals surface area contributed by atoms with Crippen molar-refractivity contribution in [1.29, 1.82) is 0 Å². The predicted octanol–water partition coefficient (Wildman–Crippen LogP) is 0.182. The second-order valence-electron chi connectivity index (χ2n) is 3.22. The molecule has 5 heteroatoms. The van der Waals surface area contributed by atoms with E-state index >= 15 is 0 Å². The van der Waals surface area contributed by atoms with Gasteiger partial charge in [0.2, 0.25) is 5.96 Å². The summed E-state index contributed by atoms with van der Waals surface area (Å²) in [5, 5.41) is 0. The Hall–Kier alpha value is -0.810. The van der Waals surface area contributed by atoms with Gasteiger partial charge in [0.05, 0.1) is 6.61 Å². The molecule has 0 atom stereocenters. The molecule has 3 N–H and O–H groups in total. The van der Waals surface area contributed by atoms with Gasteiger partial charge >= 0.3 is 0 Å². The molecule has 0 rings (SSSR count). The summed E-state index contributed by atoms with van der Waals surface area (Å²) in [6.45, 7) is 8.35. The molecule has 84 valence electrons. The van der Waals surface area contributed by atoms with Crippen molar-refractivity contribution in [3.63, 3.8) is 0 Å². The number of rotatable bonds is 5. The summed E-state index contributed by atoms with van der Waals surface area (Å²) in [4.78, 5) is 6.34. The average molecular weight is 202 g/mol. The highest BCUT2D eigenvalue weighted by Gasteiger charge is 2.12. The molecule has 0 aliphatic carbocycles. The van der Waals surface area contributed by atoms with Gasteiger partial charge in [0, 0.05) is 26.2 Å². The first kappa shape index (κ1) is 13.2. The second kappa shape index (κ2) is 7.58. The van der Waals surface area contributed by atoms with Crippen LogP contribution in [0.5, 0.6) is 0 Å². The number of hydrogen-bond donors (Lipinski definition) is 2. The van der Waals surface area contributed by atoms with Crippen molar-refractivity contribution in [3.8, 4) is 0 Å². The Bertz CT molecular complexity index is 170. The van der Waals surface area contributed by atoms with E-state index in [2.05, 4.69) is 29.2 Å². The van der Waals surface area contributed by atoms with Crippen LogP contribution in [-0.4, -0.2) is 43.7 Å². The lowest BCUT2D eigenvalue weighted by Crippen LogP contribution is -2.49. The normalized spacial score (nSPS) is 12.0. The molecule has 0 heterocycles. The molecule has 0 aliphatic rings. The van der Waals surface area contributed by atoms with Crippen molar-refractivity contribution in [2.75, 3.05) is 26.8 Å². The van der Waals surface area contributed by atoms with Gasteiger partial charge in [0.15, 0.2) is 0 Å². The van der Waals surface area contributed by atoms with Crippen molar-refractivity contribution >= 4 is 5.96 Å². The number of nitrogens with two attached hydrogens (primary N) is 1. The van der Waals surface area contributed by atoms with Gasteiger partial charge in [-0.1, -0.05) is 0 Å². The zero-order chi connectivity index (χ0) is 11.0. The summed E-state index contributed by atoms with van der Waals surface area (Å²) in [6.07, 6.45) is 0. The van der Waals surface area contributed by atoms with E-state index in [0.29, 0.717) is 12.6 Å². The predicted molar refractivity (Wildman–Crippen MR) is 59.0 cm³/mol. The van der Waals surface area contributed by atoms with Crippen molar-refractivity contribution in [2.45, 2.75) is 26.8 Å². The average Bonchev–Trinajstić information content (AvgIpc) is 2.16. The molecule has 0 saturated heterocycles. The number of aliphatic imine (C=N–C) groups is 1. The number of hydrogen-bond acceptors (Lipinski definition) is 3. The third kappa shape index (κ3) is 4.43. The SMILES string of the molecule is CCN=C(NN)N(CCOC)C(C)C. The lowest BCUT2D eigenvalue weighted by Gasteiger charge is -2.29. The monoisotopic (exact) mass is 202 g/mol. The van der Waals surface area contributed by atoms with Crippen LogP contribution in [-0.2, 0) is 4.74 Å². The van der Waals surface area contributed by atoms with Crippen LogP contribution >= 0.6 is 0 Å². The molecule has 0 amide bonds. The van der Waals surface area contributed by atoms with E-state index in [1.165, 1.54) is 0 Å². The Labute approximate surface area is 86.3 Å². The number of nitrogens with zero attached hydrogens (tertiary/aromatic N) is 2. The minimum absolute atomic E-state index is 0.353. The van der Waals surface area contributed by atoms with E-state index in [1.54, 1.807) is 7.11 Å². The number of hydrazine groups is 1. The highest BCUT2D eigenvalue weighted by Crippen LogP contribution is 1.98. The van der Waals surface area contributed by atoms with Crippen molar-refractivity contribution in [3.05, 3.63) is 0 Å². The largest absolute Gasteiger partial charge is 0.383 e. The number of nitrogens with one attached hydrogen (secondary N) is 1. The lowest BCUT2D eigenvalue weighted by atomic mass is 10.3. The molecule has 14 heavy (non-hydrogen) atoms. The van der Waals surface area contributed by atoms with E-state index in [4.69, 9.17) is 10.6 Å². The Balaban J connectivity index is 4.36. The number of guanidine groups is 1. The Morgan fingerprint density at radius 1 is 1.57 bits per heavy atom. The van der Waals surface area contributed by atoms with E-state index in [1.807, 2.05) is 6.92 Å². The maximum atomic E-state index is 5.41. The van der Waals surface area contributed by atoms with Crippen LogP contribution in [0.2, 0.25) is 0 Å². The van der Waals surface area contributed by atoms with Gasteiger partial charge in [-0.25, -0.2) is 5.84 Å². The molecule has 0 aromatic heterocycles. The third-order valence-corrected chi connectivity index (χ3v) is 1.87. The molecule has 0 aliphatic heterocycles. The van der Waals surface area contributed by atoms with Crippen LogP contribution in [0.15, 0.2) is 4.99 Å². The molecular formula is C9H22N4O. The highest BCUT2D eigenvalue weighted by molar-refractivity contribution is 5.79. The summed E-state index contributed by atoms with van der Waals surface area (Å²) in [7, 11) is 1.69. The third-order valence-electron chi connectivity index (χ3n) is 1.87. The molecule has 0 aromatic rings. The van der Waals surface area contributed by atoms with E-state index < -0.39 is 0 Å². The van der Waals surface area contributed by atoms with Gasteiger partial charge in [-0.15, -0.1) is 0 Å². The van der Waals surface area contributed by atoms with Gasteiger partial charge in [-0.05, 0) is 20.8 Å². The maximum absolute atomic E-state index is 5.41. The van der Waals surface area contributed by atoms with Crippen LogP contribution in [0.3, 0.4) is 0 Å². The molecule has 0 fully saturated rings. The molecule has 5 nitrogen and oxygen atoms in total. The molecule has 0 spiro atoms. The van der Waals surface area contributed by atoms with Gasteiger partial charge in [0.1, 0.15) is 0 Å².